The van der Waals surface area contributed by atoms with Gasteiger partial charge in [0.25, 0.3) is 0 Å². The van der Waals surface area contributed by atoms with Gasteiger partial charge in [0.15, 0.2) is 0 Å². The van der Waals surface area contributed by atoms with Crippen LogP contribution in [0.1, 0.15) is 28.5 Å². The van der Waals surface area contributed by atoms with E-state index in [-0.39, 0.29) is 0 Å². The number of aryl methyl sites for hydroxylation is 2. The minimum Gasteiger partial charge on any atom is -0.493 e. The van der Waals surface area contributed by atoms with E-state index in [1.807, 2.05) is 25.1 Å². The minimum absolute atomic E-state index is 0.470. The third-order valence-electron chi connectivity index (χ3n) is 3.77. The van der Waals surface area contributed by atoms with Crippen LogP contribution in [0.2, 0.25) is 5.15 Å². The molecule has 0 saturated heterocycles. The van der Waals surface area contributed by atoms with Crippen LogP contribution < -0.4 is 4.74 Å². The smallest absolute Gasteiger partial charge is 0.130 e. The van der Waals surface area contributed by atoms with Gasteiger partial charge in [-0.3, -0.25) is 4.68 Å². The summed E-state index contributed by atoms with van der Waals surface area (Å²) in [4.78, 5) is 0. The standard InChI is InChI=1S/C15H17ClN2O2/c1-9-12(15(16)18(2)17-9)8-13(19)10-3-4-14-11(7-10)5-6-20-14/h3-4,7,13,19H,5-6,8H2,1-2H3. The lowest BCUT2D eigenvalue weighted by Crippen LogP contribution is -2.03. The Bertz CT molecular complexity index is 652. The molecular weight excluding hydrogens is 276 g/mol. The molecule has 5 heteroatoms. The summed E-state index contributed by atoms with van der Waals surface area (Å²) in [5.74, 6) is 0.927. The number of aliphatic hydroxyl groups excluding tert-OH is 1. The second-order valence-corrected chi connectivity index (χ2v) is 5.52. The van der Waals surface area contributed by atoms with Gasteiger partial charge >= 0.3 is 0 Å². The molecule has 106 valence electrons. The van der Waals surface area contributed by atoms with E-state index in [2.05, 4.69) is 5.10 Å². The van der Waals surface area contributed by atoms with E-state index in [0.717, 1.165) is 41.2 Å². The number of benzene rings is 1. The average molecular weight is 293 g/mol. The first kappa shape index (κ1) is 13.5. The Balaban J connectivity index is 1.84. The van der Waals surface area contributed by atoms with Crippen molar-refractivity contribution >= 4 is 11.6 Å². The number of aliphatic hydroxyl groups is 1. The number of ether oxygens (including phenoxy) is 1. The van der Waals surface area contributed by atoms with Gasteiger partial charge in [0, 0.05) is 25.5 Å². The van der Waals surface area contributed by atoms with Crippen LogP contribution in [0.15, 0.2) is 18.2 Å². The zero-order valence-corrected chi connectivity index (χ0v) is 12.3. The summed E-state index contributed by atoms with van der Waals surface area (Å²) in [5, 5.41) is 15.3. The Morgan fingerprint density at radius 2 is 2.30 bits per heavy atom. The first-order valence-corrected chi connectivity index (χ1v) is 7.05. The van der Waals surface area contributed by atoms with Crippen LogP contribution in [0.5, 0.6) is 5.75 Å². The van der Waals surface area contributed by atoms with E-state index in [1.165, 1.54) is 0 Å². The molecule has 1 aromatic carbocycles. The van der Waals surface area contributed by atoms with Crippen molar-refractivity contribution in [3.63, 3.8) is 0 Å². The maximum absolute atomic E-state index is 10.4. The number of rotatable bonds is 3. The molecule has 0 fully saturated rings. The quantitative estimate of drug-likeness (QED) is 0.946. The largest absolute Gasteiger partial charge is 0.493 e. The zero-order chi connectivity index (χ0) is 14.3. The molecule has 0 saturated carbocycles. The fraction of sp³-hybridized carbons (Fsp3) is 0.400. The zero-order valence-electron chi connectivity index (χ0n) is 11.6. The van der Waals surface area contributed by atoms with Crippen LogP contribution in [0.25, 0.3) is 0 Å². The van der Waals surface area contributed by atoms with Crippen molar-refractivity contribution in [2.24, 2.45) is 7.05 Å². The Hall–Kier alpha value is -1.52. The molecule has 1 unspecified atom stereocenters. The maximum atomic E-state index is 10.4. The number of hydrogen-bond donors (Lipinski definition) is 1. The predicted molar refractivity (Wildman–Crippen MR) is 77.3 cm³/mol. The number of nitrogens with zero attached hydrogens (tertiary/aromatic N) is 2. The van der Waals surface area contributed by atoms with Crippen molar-refractivity contribution < 1.29 is 9.84 Å². The molecule has 1 aliphatic heterocycles. The summed E-state index contributed by atoms with van der Waals surface area (Å²) in [6, 6.07) is 5.86. The van der Waals surface area contributed by atoms with Crippen molar-refractivity contribution in [1.29, 1.82) is 0 Å². The lowest BCUT2D eigenvalue weighted by Gasteiger charge is -2.12. The van der Waals surface area contributed by atoms with Gasteiger partial charge in [-0.05, 0) is 30.2 Å². The van der Waals surface area contributed by atoms with Crippen LogP contribution in [-0.2, 0) is 19.9 Å². The first-order valence-electron chi connectivity index (χ1n) is 6.68. The van der Waals surface area contributed by atoms with Gasteiger partial charge in [0.05, 0.1) is 18.4 Å². The second-order valence-electron chi connectivity index (χ2n) is 5.16. The summed E-state index contributed by atoms with van der Waals surface area (Å²) < 4.78 is 7.11. The Kier molecular flexibility index (Phi) is 3.44. The normalized spacial score (nSPS) is 15.0. The molecule has 1 N–H and O–H groups in total. The molecule has 2 aromatic rings. The van der Waals surface area contributed by atoms with Crippen LogP contribution in [-0.4, -0.2) is 21.5 Å². The lowest BCUT2D eigenvalue weighted by atomic mass is 9.99. The predicted octanol–water partition coefficient (Wildman–Crippen LogP) is 2.59. The minimum atomic E-state index is -0.582. The summed E-state index contributed by atoms with van der Waals surface area (Å²) >= 11 is 6.21. The maximum Gasteiger partial charge on any atom is 0.130 e. The van der Waals surface area contributed by atoms with Gasteiger partial charge in [-0.25, -0.2) is 0 Å². The third-order valence-corrected chi connectivity index (χ3v) is 4.24. The lowest BCUT2D eigenvalue weighted by molar-refractivity contribution is 0.178. The topological polar surface area (TPSA) is 47.3 Å². The molecule has 3 rings (SSSR count). The van der Waals surface area contributed by atoms with Crippen molar-refractivity contribution in [3.05, 3.63) is 45.7 Å². The second kappa shape index (κ2) is 5.11. The fourth-order valence-electron chi connectivity index (χ4n) is 2.63. The average Bonchev–Trinajstić information content (AvgIpc) is 2.98. The van der Waals surface area contributed by atoms with Crippen molar-refractivity contribution in [2.75, 3.05) is 6.61 Å². The molecule has 2 heterocycles. The van der Waals surface area contributed by atoms with Crippen molar-refractivity contribution in [1.82, 2.24) is 9.78 Å². The van der Waals surface area contributed by atoms with E-state index in [1.54, 1.807) is 11.7 Å². The number of fused-ring (bicyclic) bond motifs is 1. The summed E-state index contributed by atoms with van der Waals surface area (Å²) in [6.07, 6.45) is 0.794. The van der Waals surface area contributed by atoms with Gasteiger partial charge < -0.3 is 9.84 Å². The van der Waals surface area contributed by atoms with Crippen LogP contribution in [0, 0.1) is 6.92 Å². The van der Waals surface area contributed by atoms with Gasteiger partial charge in [0.1, 0.15) is 10.9 Å². The van der Waals surface area contributed by atoms with Gasteiger partial charge in [-0.15, -0.1) is 0 Å². The van der Waals surface area contributed by atoms with Crippen LogP contribution in [0.3, 0.4) is 0 Å². The van der Waals surface area contributed by atoms with Crippen molar-refractivity contribution in [3.8, 4) is 5.75 Å². The highest BCUT2D eigenvalue weighted by molar-refractivity contribution is 6.30. The molecule has 1 atom stereocenters. The third kappa shape index (κ3) is 2.30. The number of hydrogen-bond acceptors (Lipinski definition) is 3. The molecular formula is C15H17ClN2O2. The molecule has 0 aliphatic carbocycles. The fourth-order valence-corrected chi connectivity index (χ4v) is 2.88. The monoisotopic (exact) mass is 292 g/mol. The molecule has 1 aromatic heterocycles. The van der Waals surface area contributed by atoms with Gasteiger partial charge in [-0.2, -0.15) is 5.10 Å². The molecule has 0 spiro atoms. The highest BCUT2D eigenvalue weighted by atomic mass is 35.5. The van der Waals surface area contributed by atoms with Gasteiger partial charge in [-0.1, -0.05) is 17.7 Å². The van der Waals surface area contributed by atoms with Gasteiger partial charge in [0.2, 0.25) is 0 Å². The highest BCUT2D eigenvalue weighted by Crippen LogP contribution is 2.31. The number of aromatic nitrogens is 2. The Labute approximate surface area is 122 Å². The van der Waals surface area contributed by atoms with E-state index in [4.69, 9.17) is 16.3 Å². The van der Waals surface area contributed by atoms with Crippen LogP contribution >= 0.6 is 11.6 Å². The molecule has 0 bridgehead atoms. The van der Waals surface area contributed by atoms with E-state index in [0.29, 0.717) is 11.6 Å². The summed E-state index contributed by atoms with van der Waals surface area (Å²) in [6.45, 7) is 2.63. The molecule has 20 heavy (non-hydrogen) atoms. The van der Waals surface area contributed by atoms with E-state index in [9.17, 15) is 5.11 Å². The Morgan fingerprint density at radius 1 is 1.50 bits per heavy atom. The van der Waals surface area contributed by atoms with E-state index < -0.39 is 6.10 Å². The molecule has 4 nitrogen and oxygen atoms in total. The van der Waals surface area contributed by atoms with Crippen LogP contribution in [0.4, 0.5) is 0 Å². The van der Waals surface area contributed by atoms with Crippen molar-refractivity contribution in [2.45, 2.75) is 25.9 Å². The molecule has 1 aliphatic rings. The number of halogens is 1. The first-order chi connectivity index (χ1) is 9.56. The molecule has 0 amide bonds. The van der Waals surface area contributed by atoms with E-state index >= 15 is 0 Å². The summed E-state index contributed by atoms with van der Waals surface area (Å²) in [5.41, 5.74) is 3.82. The highest BCUT2D eigenvalue weighted by Gasteiger charge is 2.19. The molecule has 0 radical (unpaired) electrons. The Morgan fingerprint density at radius 3 is 3.00 bits per heavy atom. The summed E-state index contributed by atoms with van der Waals surface area (Å²) in [7, 11) is 1.80. The SMILES string of the molecule is Cc1nn(C)c(Cl)c1CC(O)c1ccc2c(c1)CCO2.